The highest BCUT2D eigenvalue weighted by atomic mass is 32.2. The summed E-state index contributed by atoms with van der Waals surface area (Å²) in [5, 5.41) is 2.75. The number of carbonyl (C=O) groups is 1. The summed E-state index contributed by atoms with van der Waals surface area (Å²) in [6.45, 7) is 1.20. The third kappa shape index (κ3) is 7.42. The van der Waals surface area contributed by atoms with Gasteiger partial charge in [0.2, 0.25) is 26.0 Å². The third-order valence-electron chi connectivity index (χ3n) is 5.87. The highest BCUT2D eigenvalue weighted by Crippen LogP contribution is 2.23. The van der Waals surface area contributed by atoms with Crippen LogP contribution in [0, 0.1) is 0 Å². The Kier molecular flexibility index (Phi) is 9.15. The summed E-state index contributed by atoms with van der Waals surface area (Å²) in [5.41, 5.74) is 0.981. The minimum Gasteiger partial charge on any atom is -0.497 e. The van der Waals surface area contributed by atoms with E-state index < -0.39 is 20.0 Å². The Hall–Kier alpha value is -2.63. The maximum atomic E-state index is 12.9. The van der Waals surface area contributed by atoms with E-state index in [1.165, 1.54) is 27.9 Å². The van der Waals surface area contributed by atoms with E-state index >= 15 is 0 Å². The number of anilines is 2. The molecule has 2 aromatic rings. The lowest BCUT2D eigenvalue weighted by atomic mass is 10.2. The van der Waals surface area contributed by atoms with E-state index in [0.717, 1.165) is 31.9 Å². The van der Waals surface area contributed by atoms with Gasteiger partial charge in [-0.25, -0.2) is 16.8 Å². The number of hydrogen-bond acceptors (Lipinski definition) is 6. The molecule has 1 heterocycles. The first kappa shape index (κ1) is 27.0. The molecule has 3 rings (SSSR count). The fourth-order valence-corrected chi connectivity index (χ4v) is 6.47. The first-order valence-electron chi connectivity index (χ1n) is 11.6. The fourth-order valence-electron chi connectivity index (χ4n) is 3.98. The molecular formula is C24H33N3O6S2. The molecule has 0 spiro atoms. The molecule has 0 aliphatic carbocycles. The molecule has 1 aliphatic heterocycles. The molecule has 192 valence electrons. The average Bonchev–Trinajstić information content (AvgIpc) is 3.12. The largest absolute Gasteiger partial charge is 0.497 e. The highest BCUT2D eigenvalue weighted by Gasteiger charge is 2.25. The standard InChI is InChI=1S/C24H33N3O6S2/c1-33-22-13-11-21(12-14-22)27(34(2,29)30)19-7-8-24(28)25-20-9-15-23(16-10-20)35(31,32)26-17-5-3-4-6-18-26/h9-16H,3-8,17-19H2,1-2H3,(H,25,28). The topological polar surface area (TPSA) is 113 Å². The zero-order valence-electron chi connectivity index (χ0n) is 20.1. The van der Waals surface area contributed by atoms with Crippen LogP contribution in [0.25, 0.3) is 0 Å². The van der Waals surface area contributed by atoms with Crippen molar-refractivity contribution in [2.24, 2.45) is 0 Å². The number of amides is 1. The molecule has 11 heteroatoms. The van der Waals surface area contributed by atoms with E-state index in [9.17, 15) is 21.6 Å². The van der Waals surface area contributed by atoms with Gasteiger partial charge in [-0.3, -0.25) is 9.10 Å². The summed E-state index contributed by atoms with van der Waals surface area (Å²) in [6, 6.07) is 12.8. The normalized spacial score (nSPS) is 15.3. The Balaban J connectivity index is 1.56. The smallest absolute Gasteiger partial charge is 0.243 e. The molecule has 2 aromatic carbocycles. The molecule has 9 nitrogen and oxygen atoms in total. The third-order valence-corrected chi connectivity index (χ3v) is 8.97. The summed E-state index contributed by atoms with van der Waals surface area (Å²) in [4.78, 5) is 12.6. The van der Waals surface area contributed by atoms with Crippen LogP contribution in [-0.4, -0.2) is 60.0 Å². The maximum absolute atomic E-state index is 12.9. The van der Waals surface area contributed by atoms with Gasteiger partial charge in [0, 0.05) is 31.7 Å². The van der Waals surface area contributed by atoms with Gasteiger partial charge in [0.05, 0.1) is 23.9 Å². The monoisotopic (exact) mass is 523 g/mol. The average molecular weight is 524 g/mol. The lowest BCUT2D eigenvalue weighted by Crippen LogP contribution is -2.32. The fraction of sp³-hybridized carbons (Fsp3) is 0.458. The second-order valence-electron chi connectivity index (χ2n) is 8.53. The second-order valence-corrected chi connectivity index (χ2v) is 12.4. The van der Waals surface area contributed by atoms with Crippen LogP contribution in [0.15, 0.2) is 53.4 Å². The predicted molar refractivity (Wildman–Crippen MR) is 137 cm³/mol. The molecule has 0 radical (unpaired) electrons. The summed E-state index contributed by atoms with van der Waals surface area (Å²) >= 11 is 0. The molecule has 1 aliphatic rings. The van der Waals surface area contributed by atoms with Gasteiger partial charge in [0.25, 0.3) is 0 Å². The van der Waals surface area contributed by atoms with Crippen LogP contribution in [0.4, 0.5) is 11.4 Å². The van der Waals surface area contributed by atoms with Crippen LogP contribution in [-0.2, 0) is 24.8 Å². The minimum atomic E-state index is -3.55. The van der Waals surface area contributed by atoms with Crippen LogP contribution in [0.3, 0.4) is 0 Å². The van der Waals surface area contributed by atoms with Gasteiger partial charge in [0.1, 0.15) is 5.75 Å². The highest BCUT2D eigenvalue weighted by molar-refractivity contribution is 7.92. The molecule has 1 fully saturated rings. The van der Waals surface area contributed by atoms with E-state index in [1.54, 1.807) is 36.4 Å². The van der Waals surface area contributed by atoms with Crippen LogP contribution in [0.1, 0.15) is 38.5 Å². The van der Waals surface area contributed by atoms with Crippen molar-refractivity contribution in [2.45, 2.75) is 43.4 Å². The van der Waals surface area contributed by atoms with Crippen molar-refractivity contribution < 1.29 is 26.4 Å². The molecule has 1 N–H and O–H groups in total. The molecule has 1 amide bonds. The van der Waals surface area contributed by atoms with E-state index in [4.69, 9.17) is 4.74 Å². The summed E-state index contributed by atoms with van der Waals surface area (Å²) < 4.78 is 58.2. The zero-order chi connectivity index (χ0) is 25.5. The van der Waals surface area contributed by atoms with Gasteiger partial charge in [0.15, 0.2) is 0 Å². The van der Waals surface area contributed by atoms with E-state index in [1.807, 2.05) is 0 Å². The number of nitrogens with one attached hydrogen (secondary N) is 1. The van der Waals surface area contributed by atoms with Gasteiger partial charge in [-0.15, -0.1) is 0 Å². The second kappa shape index (κ2) is 11.9. The zero-order valence-corrected chi connectivity index (χ0v) is 21.8. The van der Waals surface area contributed by atoms with Crippen LogP contribution >= 0.6 is 0 Å². The Morgan fingerprint density at radius 1 is 0.943 bits per heavy atom. The molecular weight excluding hydrogens is 490 g/mol. The first-order valence-corrected chi connectivity index (χ1v) is 14.9. The number of sulfonamides is 2. The number of rotatable bonds is 10. The van der Waals surface area contributed by atoms with Gasteiger partial charge in [-0.1, -0.05) is 12.8 Å². The minimum absolute atomic E-state index is 0.107. The number of carbonyl (C=O) groups excluding carboxylic acids is 1. The summed E-state index contributed by atoms with van der Waals surface area (Å²) in [5.74, 6) is 0.336. The molecule has 1 saturated heterocycles. The SMILES string of the molecule is COc1ccc(N(CCCC(=O)Nc2ccc(S(=O)(=O)N3CCCCCC3)cc2)S(C)(=O)=O)cc1. The lowest BCUT2D eigenvalue weighted by molar-refractivity contribution is -0.116. The molecule has 0 saturated carbocycles. The molecule has 0 unspecified atom stereocenters. The molecule has 35 heavy (non-hydrogen) atoms. The van der Waals surface area contributed by atoms with Gasteiger partial charge in [-0.2, -0.15) is 4.31 Å². The van der Waals surface area contributed by atoms with Crippen molar-refractivity contribution >= 4 is 37.3 Å². The number of benzene rings is 2. The van der Waals surface area contributed by atoms with E-state index in [2.05, 4.69) is 5.32 Å². The summed E-state index contributed by atoms with van der Waals surface area (Å²) in [7, 11) is -5.54. The van der Waals surface area contributed by atoms with E-state index in [0.29, 0.717) is 36.6 Å². The van der Waals surface area contributed by atoms with Crippen molar-refractivity contribution in [1.29, 1.82) is 0 Å². The molecule has 0 aromatic heterocycles. The van der Waals surface area contributed by atoms with Crippen LogP contribution in [0.5, 0.6) is 5.75 Å². The Labute approximate surface area is 208 Å². The Bertz CT molecular complexity index is 1190. The number of nitrogens with zero attached hydrogens (tertiary/aromatic N) is 2. The van der Waals surface area contributed by atoms with Gasteiger partial charge < -0.3 is 10.1 Å². The number of hydrogen-bond donors (Lipinski definition) is 1. The lowest BCUT2D eigenvalue weighted by Gasteiger charge is -2.22. The quantitative estimate of drug-likeness (QED) is 0.510. The first-order chi connectivity index (χ1) is 16.6. The maximum Gasteiger partial charge on any atom is 0.243 e. The van der Waals surface area contributed by atoms with Gasteiger partial charge >= 0.3 is 0 Å². The van der Waals surface area contributed by atoms with Crippen molar-refractivity contribution in [3.63, 3.8) is 0 Å². The van der Waals surface area contributed by atoms with Crippen molar-refractivity contribution in [3.05, 3.63) is 48.5 Å². The van der Waals surface area contributed by atoms with Crippen molar-refractivity contribution in [2.75, 3.05) is 42.6 Å². The van der Waals surface area contributed by atoms with Crippen molar-refractivity contribution in [1.82, 2.24) is 4.31 Å². The van der Waals surface area contributed by atoms with Crippen LogP contribution in [0.2, 0.25) is 0 Å². The van der Waals surface area contributed by atoms with Crippen molar-refractivity contribution in [3.8, 4) is 5.75 Å². The number of methoxy groups -OCH3 is 1. The molecule has 0 atom stereocenters. The predicted octanol–water partition coefficient (Wildman–Crippen LogP) is 3.44. The Morgan fingerprint density at radius 3 is 2.09 bits per heavy atom. The van der Waals surface area contributed by atoms with Crippen LogP contribution < -0.4 is 14.4 Å². The van der Waals surface area contributed by atoms with E-state index in [-0.39, 0.29) is 23.8 Å². The number of ether oxygens (including phenoxy) is 1. The van der Waals surface area contributed by atoms with Gasteiger partial charge in [-0.05, 0) is 67.8 Å². The molecule has 0 bridgehead atoms. The summed E-state index contributed by atoms with van der Waals surface area (Å²) in [6.07, 6.45) is 5.35. The Morgan fingerprint density at radius 2 is 1.54 bits per heavy atom.